The zero-order valence-corrected chi connectivity index (χ0v) is 10.8. The third kappa shape index (κ3) is 2.27. The third-order valence-corrected chi connectivity index (χ3v) is 5.00. The van der Waals surface area contributed by atoms with E-state index in [1.165, 1.54) is 25.9 Å². The summed E-state index contributed by atoms with van der Waals surface area (Å²) in [6, 6.07) is 0.658. The molecule has 2 aliphatic rings. The van der Waals surface area contributed by atoms with Crippen LogP contribution in [-0.4, -0.2) is 51.9 Å². The molecule has 2 heterocycles. The average Bonchev–Trinajstić information content (AvgIpc) is 2.74. The van der Waals surface area contributed by atoms with Crippen LogP contribution in [0.1, 0.15) is 26.7 Å². The summed E-state index contributed by atoms with van der Waals surface area (Å²) in [6.07, 6.45) is 4.32. The minimum Gasteiger partial charge on any atom is -0.300 e. The van der Waals surface area contributed by atoms with Crippen molar-refractivity contribution in [3.05, 3.63) is 0 Å². The molecule has 15 heavy (non-hydrogen) atoms. The SMILES string of the molecule is CC(C)N1CCC2(CCN(S(C)=O)C2)C1. The molecule has 88 valence electrons. The molecule has 0 aromatic heterocycles. The Hall–Kier alpha value is 0.0700. The summed E-state index contributed by atoms with van der Waals surface area (Å²) in [5.41, 5.74) is 0.454. The van der Waals surface area contributed by atoms with Crippen LogP contribution in [0.25, 0.3) is 0 Å². The van der Waals surface area contributed by atoms with Gasteiger partial charge in [0.05, 0.1) is 11.0 Å². The van der Waals surface area contributed by atoms with Crippen LogP contribution in [-0.2, 0) is 11.0 Å². The fraction of sp³-hybridized carbons (Fsp3) is 1.00. The quantitative estimate of drug-likeness (QED) is 0.709. The highest BCUT2D eigenvalue weighted by Gasteiger charge is 2.44. The molecule has 0 amide bonds. The molecular weight excluding hydrogens is 208 g/mol. The van der Waals surface area contributed by atoms with E-state index < -0.39 is 11.0 Å². The lowest BCUT2D eigenvalue weighted by atomic mass is 9.86. The van der Waals surface area contributed by atoms with Gasteiger partial charge in [-0.05, 0) is 38.6 Å². The number of hydrogen-bond donors (Lipinski definition) is 0. The van der Waals surface area contributed by atoms with Gasteiger partial charge in [0.15, 0.2) is 0 Å². The van der Waals surface area contributed by atoms with Crippen LogP contribution in [0.5, 0.6) is 0 Å². The molecule has 2 aliphatic heterocycles. The number of likely N-dealkylation sites (tertiary alicyclic amines) is 1. The highest BCUT2D eigenvalue weighted by atomic mass is 32.2. The van der Waals surface area contributed by atoms with Crippen molar-refractivity contribution in [2.75, 3.05) is 32.4 Å². The van der Waals surface area contributed by atoms with Gasteiger partial charge in [-0.25, -0.2) is 8.51 Å². The topological polar surface area (TPSA) is 23.6 Å². The lowest BCUT2D eigenvalue weighted by molar-refractivity contribution is 0.229. The van der Waals surface area contributed by atoms with Gasteiger partial charge in [0.2, 0.25) is 0 Å². The van der Waals surface area contributed by atoms with Crippen molar-refractivity contribution in [1.29, 1.82) is 0 Å². The second kappa shape index (κ2) is 4.15. The molecule has 2 unspecified atom stereocenters. The molecule has 0 bridgehead atoms. The maximum atomic E-state index is 11.4. The molecule has 2 atom stereocenters. The normalized spacial score (nSPS) is 35.7. The second-order valence-electron chi connectivity index (χ2n) is 5.35. The third-order valence-electron chi connectivity index (χ3n) is 3.97. The van der Waals surface area contributed by atoms with E-state index in [0.717, 1.165) is 13.1 Å². The molecule has 0 aromatic rings. The Bertz CT molecular complexity index is 269. The van der Waals surface area contributed by atoms with Crippen molar-refractivity contribution in [3.8, 4) is 0 Å². The molecule has 0 aromatic carbocycles. The zero-order valence-electron chi connectivity index (χ0n) is 10.0. The van der Waals surface area contributed by atoms with Crippen LogP contribution < -0.4 is 0 Å². The molecule has 0 radical (unpaired) electrons. The monoisotopic (exact) mass is 230 g/mol. The Morgan fingerprint density at radius 2 is 1.87 bits per heavy atom. The Balaban J connectivity index is 1.98. The molecule has 4 heteroatoms. The van der Waals surface area contributed by atoms with E-state index in [-0.39, 0.29) is 0 Å². The summed E-state index contributed by atoms with van der Waals surface area (Å²) in [6.45, 7) is 9.03. The lowest BCUT2D eigenvalue weighted by Gasteiger charge is -2.26. The molecule has 0 aliphatic carbocycles. The molecule has 1 spiro atoms. The number of nitrogens with zero attached hydrogens (tertiary/aromatic N) is 2. The van der Waals surface area contributed by atoms with Crippen molar-refractivity contribution < 1.29 is 4.21 Å². The van der Waals surface area contributed by atoms with Crippen LogP contribution >= 0.6 is 0 Å². The van der Waals surface area contributed by atoms with Crippen LogP contribution in [0.2, 0.25) is 0 Å². The first-order chi connectivity index (χ1) is 7.02. The van der Waals surface area contributed by atoms with Crippen LogP contribution in [0.4, 0.5) is 0 Å². The summed E-state index contributed by atoms with van der Waals surface area (Å²) in [4.78, 5) is 2.56. The maximum absolute atomic E-state index is 11.4. The van der Waals surface area contributed by atoms with Gasteiger partial charge in [-0.15, -0.1) is 0 Å². The van der Waals surface area contributed by atoms with Gasteiger partial charge >= 0.3 is 0 Å². The second-order valence-corrected chi connectivity index (χ2v) is 6.72. The molecule has 0 saturated carbocycles. The highest BCUT2D eigenvalue weighted by Crippen LogP contribution is 2.40. The molecule has 2 rings (SSSR count). The van der Waals surface area contributed by atoms with Crippen molar-refractivity contribution in [2.45, 2.75) is 32.7 Å². The van der Waals surface area contributed by atoms with Gasteiger partial charge in [0.1, 0.15) is 0 Å². The lowest BCUT2D eigenvalue weighted by Crippen LogP contribution is -2.34. The summed E-state index contributed by atoms with van der Waals surface area (Å²) in [5.74, 6) is 0. The van der Waals surface area contributed by atoms with E-state index in [0.29, 0.717) is 11.5 Å². The van der Waals surface area contributed by atoms with Crippen LogP contribution in [0.3, 0.4) is 0 Å². The first-order valence-corrected chi connectivity index (χ1v) is 7.36. The Morgan fingerprint density at radius 1 is 1.20 bits per heavy atom. The first-order valence-electron chi connectivity index (χ1n) is 5.85. The fourth-order valence-electron chi connectivity index (χ4n) is 2.86. The van der Waals surface area contributed by atoms with Crippen LogP contribution in [0, 0.1) is 5.41 Å². The molecular formula is C11H22N2OS. The summed E-state index contributed by atoms with van der Waals surface area (Å²) < 4.78 is 13.6. The molecule has 3 nitrogen and oxygen atoms in total. The van der Waals surface area contributed by atoms with E-state index >= 15 is 0 Å². The minimum absolute atomic E-state index is 0.454. The van der Waals surface area contributed by atoms with Gasteiger partial charge in [-0.3, -0.25) is 0 Å². The fourth-order valence-corrected chi connectivity index (χ4v) is 3.66. The molecule has 0 N–H and O–H groups in total. The predicted octanol–water partition coefficient (Wildman–Crippen LogP) is 1.09. The minimum atomic E-state index is -0.770. The van der Waals surface area contributed by atoms with Gasteiger partial charge in [0.25, 0.3) is 0 Å². The van der Waals surface area contributed by atoms with E-state index in [1.54, 1.807) is 6.26 Å². The standard InChI is InChI=1S/C11H22N2OS/c1-10(2)12-6-4-11(8-12)5-7-13(9-11)15(3)14/h10H,4-9H2,1-3H3. The van der Waals surface area contributed by atoms with E-state index in [2.05, 4.69) is 23.1 Å². The Morgan fingerprint density at radius 3 is 2.33 bits per heavy atom. The van der Waals surface area contributed by atoms with Gasteiger partial charge < -0.3 is 4.90 Å². The van der Waals surface area contributed by atoms with Crippen molar-refractivity contribution in [3.63, 3.8) is 0 Å². The summed E-state index contributed by atoms with van der Waals surface area (Å²) in [7, 11) is -0.770. The van der Waals surface area contributed by atoms with Gasteiger partial charge in [0, 0.05) is 31.9 Å². The van der Waals surface area contributed by atoms with Crippen LogP contribution in [0.15, 0.2) is 0 Å². The number of rotatable bonds is 2. The summed E-state index contributed by atoms with van der Waals surface area (Å²) >= 11 is 0. The highest BCUT2D eigenvalue weighted by molar-refractivity contribution is 7.81. The zero-order chi connectivity index (χ0) is 11.1. The van der Waals surface area contributed by atoms with Crippen molar-refractivity contribution in [1.82, 2.24) is 9.21 Å². The van der Waals surface area contributed by atoms with Crippen molar-refractivity contribution in [2.24, 2.45) is 5.41 Å². The van der Waals surface area contributed by atoms with E-state index in [9.17, 15) is 4.21 Å². The molecule has 2 fully saturated rings. The van der Waals surface area contributed by atoms with Crippen molar-refractivity contribution >= 4 is 11.0 Å². The van der Waals surface area contributed by atoms with Gasteiger partial charge in [-0.2, -0.15) is 0 Å². The van der Waals surface area contributed by atoms with E-state index in [1.807, 2.05) is 0 Å². The largest absolute Gasteiger partial charge is 0.300 e. The van der Waals surface area contributed by atoms with Gasteiger partial charge in [-0.1, -0.05) is 0 Å². The smallest absolute Gasteiger partial charge is 0.0910 e. The average molecular weight is 230 g/mol. The maximum Gasteiger partial charge on any atom is 0.0910 e. The van der Waals surface area contributed by atoms with E-state index in [4.69, 9.17) is 0 Å². The first kappa shape index (κ1) is 11.6. The Kier molecular flexibility index (Phi) is 3.20. The molecule has 2 saturated heterocycles. The summed E-state index contributed by atoms with van der Waals surface area (Å²) in [5, 5.41) is 0. The number of hydrogen-bond acceptors (Lipinski definition) is 2. The Labute approximate surface area is 95.4 Å². The predicted molar refractivity (Wildman–Crippen MR) is 64.0 cm³/mol.